The molecule has 20 heavy (non-hydrogen) atoms. The number of hydrogen-bond donors (Lipinski definition) is 1. The van der Waals surface area contributed by atoms with E-state index >= 15 is 0 Å². The van der Waals surface area contributed by atoms with E-state index < -0.39 is 5.97 Å². The second kappa shape index (κ2) is 5.00. The lowest BCUT2D eigenvalue weighted by atomic mass is 10.0. The highest BCUT2D eigenvalue weighted by molar-refractivity contribution is 6.06. The van der Waals surface area contributed by atoms with Crippen molar-refractivity contribution in [3.8, 4) is 5.75 Å². The van der Waals surface area contributed by atoms with Gasteiger partial charge in [0.2, 0.25) is 12.2 Å². The Balaban J connectivity index is 2.01. The minimum Gasteiger partial charge on any atom is -0.485 e. The van der Waals surface area contributed by atoms with Crippen LogP contribution in [0.4, 0.5) is 0 Å². The molecule has 0 bridgehead atoms. The van der Waals surface area contributed by atoms with Crippen LogP contribution in [0.15, 0.2) is 47.3 Å². The van der Waals surface area contributed by atoms with Crippen molar-refractivity contribution in [3.05, 3.63) is 54.2 Å². The number of carboxylic acids is 1. The molecule has 0 aliphatic carbocycles. The van der Waals surface area contributed by atoms with Gasteiger partial charge in [-0.2, -0.15) is 4.98 Å². The highest BCUT2D eigenvalue weighted by Crippen LogP contribution is 2.28. The summed E-state index contributed by atoms with van der Waals surface area (Å²) < 4.78 is 10.1. The second-order valence-electron chi connectivity index (χ2n) is 4.10. The first-order valence-corrected chi connectivity index (χ1v) is 5.89. The molecule has 0 radical (unpaired) electrons. The van der Waals surface area contributed by atoms with Crippen LogP contribution in [0.2, 0.25) is 0 Å². The summed E-state index contributed by atoms with van der Waals surface area (Å²) >= 11 is 0. The zero-order valence-electron chi connectivity index (χ0n) is 10.3. The first-order chi connectivity index (χ1) is 9.75. The molecular weight excluding hydrogens is 260 g/mol. The summed E-state index contributed by atoms with van der Waals surface area (Å²) in [6, 6.07) is 10.7. The summed E-state index contributed by atoms with van der Waals surface area (Å²) in [4.78, 5) is 15.3. The summed E-state index contributed by atoms with van der Waals surface area (Å²) in [7, 11) is 0. The molecule has 6 nitrogen and oxygen atoms in total. The molecule has 0 spiro atoms. The van der Waals surface area contributed by atoms with Crippen molar-refractivity contribution in [3.63, 3.8) is 0 Å². The third-order valence-electron chi connectivity index (χ3n) is 2.87. The van der Waals surface area contributed by atoms with E-state index in [1.807, 2.05) is 18.2 Å². The Kier molecular flexibility index (Phi) is 3.04. The Morgan fingerprint density at radius 1 is 1.25 bits per heavy atom. The maximum atomic E-state index is 11.5. The van der Waals surface area contributed by atoms with Gasteiger partial charge < -0.3 is 14.4 Å². The van der Waals surface area contributed by atoms with E-state index in [2.05, 4.69) is 14.7 Å². The lowest BCUT2D eigenvalue weighted by Gasteiger charge is -2.10. The predicted octanol–water partition coefficient (Wildman–Crippen LogP) is 2.50. The van der Waals surface area contributed by atoms with Crippen molar-refractivity contribution < 1.29 is 19.2 Å². The van der Waals surface area contributed by atoms with E-state index in [1.165, 1.54) is 6.39 Å². The molecule has 0 aliphatic rings. The molecule has 6 heteroatoms. The van der Waals surface area contributed by atoms with Crippen LogP contribution in [0.3, 0.4) is 0 Å². The van der Waals surface area contributed by atoms with E-state index in [0.717, 1.165) is 5.39 Å². The van der Waals surface area contributed by atoms with Gasteiger partial charge in [0.1, 0.15) is 11.3 Å². The van der Waals surface area contributed by atoms with Gasteiger partial charge in [0.25, 0.3) is 0 Å². The molecule has 100 valence electrons. The second-order valence-corrected chi connectivity index (χ2v) is 4.10. The molecule has 0 fully saturated rings. The third-order valence-corrected chi connectivity index (χ3v) is 2.87. The molecule has 0 atom stereocenters. The van der Waals surface area contributed by atoms with Gasteiger partial charge in [0, 0.05) is 0 Å². The summed E-state index contributed by atoms with van der Waals surface area (Å²) in [5.41, 5.74) is 0.131. The topological polar surface area (TPSA) is 85.5 Å². The fourth-order valence-electron chi connectivity index (χ4n) is 1.99. The lowest BCUT2D eigenvalue weighted by Crippen LogP contribution is -2.05. The number of rotatable bonds is 4. The van der Waals surface area contributed by atoms with E-state index in [1.54, 1.807) is 18.2 Å². The standard InChI is InChI=1S/C14H10N2O4/c17-14(18)13-10-4-2-1-3-9(10)5-6-11(13)19-7-12-15-8-20-16-12/h1-6,8H,7H2,(H,17,18). The van der Waals surface area contributed by atoms with Crippen LogP contribution >= 0.6 is 0 Å². The van der Waals surface area contributed by atoms with Crippen LogP contribution in [-0.4, -0.2) is 21.2 Å². The molecule has 0 aliphatic heterocycles. The fourth-order valence-corrected chi connectivity index (χ4v) is 1.99. The highest BCUT2D eigenvalue weighted by atomic mass is 16.5. The van der Waals surface area contributed by atoms with Crippen molar-refractivity contribution in [2.24, 2.45) is 0 Å². The zero-order chi connectivity index (χ0) is 13.9. The van der Waals surface area contributed by atoms with Crippen LogP contribution in [0.25, 0.3) is 10.8 Å². The molecule has 0 saturated carbocycles. The zero-order valence-corrected chi connectivity index (χ0v) is 10.3. The van der Waals surface area contributed by atoms with Crippen molar-refractivity contribution in [2.75, 3.05) is 0 Å². The maximum Gasteiger partial charge on any atom is 0.340 e. The summed E-state index contributed by atoms with van der Waals surface area (Å²) in [6.07, 6.45) is 1.19. The Labute approximate surface area is 113 Å². The van der Waals surface area contributed by atoms with Gasteiger partial charge in [-0.15, -0.1) is 0 Å². The quantitative estimate of drug-likeness (QED) is 0.783. The first kappa shape index (κ1) is 12.2. The highest BCUT2D eigenvalue weighted by Gasteiger charge is 2.16. The third kappa shape index (κ3) is 2.18. The number of aromatic nitrogens is 2. The Hall–Kier alpha value is -2.89. The van der Waals surface area contributed by atoms with Crippen LogP contribution in [0.1, 0.15) is 16.2 Å². The Morgan fingerprint density at radius 3 is 2.85 bits per heavy atom. The molecule has 1 heterocycles. The summed E-state index contributed by atoms with van der Waals surface area (Å²) in [5, 5.41) is 14.5. The van der Waals surface area contributed by atoms with Gasteiger partial charge >= 0.3 is 5.97 Å². The molecular formula is C14H10N2O4. The molecule has 0 amide bonds. The molecule has 1 aromatic heterocycles. The largest absolute Gasteiger partial charge is 0.485 e. The number of hydrogen-bond acceptors (Lipinski definition) is 5. The normalized spacial score (nSPS) is 10.6. The first-order valence-electron chi connectivity index (χ1n) is 5.89. The fraction of sp³-hybridized carbons (Fsp3) is 0.0714. The molecule has 0 saturated heterocycles. The van der Waals surface area contributed by atoms with Gasteiger partial charge in [0.15, 0.2) is 6.61 Å². The van der Waals surface area contributed by atoms with Gasteiger partial charge in [-0.05, 0) is 16.8 Å². The van der Waals surface area contributed by atoms with E-state index in [0.29, 0.717) is 11.2 Å². The van der Waals surface area contributed by atoms with Gasteiger partial charge in [-0.1, -0.05) is 35.5 Å². The average molecular weight is 270 g/mol. The minimum atomic E-state index is -1.04. The number of nitrogens with zero attached hydrogens (tertiary/aromatic N) is 2. The predicted molar refractivity (Wildman–Crippen MR) is 69.5 cm³/mol. The number of ether oxygens (including phenoxy) is 1. The van der Waals surface area contributed by atoms with E-state index in [-0.39, 0.29) is 17.9 Å². The summed E-state index contributed by atoms with van der Waals surface area (Å²) in [5.74, 6) is -0.402. The number of aromatic carboxylic acids is 1. The van der Waals surface area contributed by atoms with Gasteiger partial charge in [0.05, 0.1) is 0 Å². The van der Waals surface area contributed by atoms with E-state index in [4.69, 9.17) is 4.74 Å². The number of carbonyl (C=O) groups is 1. The average Bonchev–Trinajstić information content (AvgIpc) is 2.97. The lowest BCUT2D eigenvalue weighted by molar-refractivity contribution is 0.0694. The number of benzene rings is 2. The van der Waals surface area contributed by atoms with Crippen LogP contribution < -0.4 is 4.74 Å². The monoisotopic (exact) mass is 270 g/mol. The SMILES string of the molecule is O=C(O)c1c(OCc2ncon2)ccc2ccccc12. The Bertz CT molecular complexity index is 753. The van der Waals surface area contributed by atoms with E-state index in [9.17, 15) is 9.90 Å². The molecule has 1 N–H and O–H groups in total. The van der Waals surface area contributed by atoms with Gasteiger partial charge in [-0.25, -0.2) is 4.79 Å². The molecule has 3 rings (SSSR count). The van der Waals surface area contributed by atoms with Crippen LogP contribution in [0.5, 0.6) is 5.75 Å². The van der Waals surface area contributed by atoms with Gasteiger partial charge in [-0.3, -0.25) is 0 Å². The van der Waals surface area contributed by atoms with Crippen molar-refractivity contribution in [1.29, 1.82) is 0 Å². The molecule has 3 aromatic rings. The number of carboxylic acid groups (broad SMARTS) is 1. The number of fused-ring (bicyclic) bond motifs is 1. The summed E-state index contributed by atoms with van der Waals surface area (Å²) in [6.45, 7) is 0.0507. The molecule has 2 aromatic carbocycles. The smallest absolute Gasteiger partial charge is 0.340 e. The van der Waals surface area contributed by atoms with Crippen LogP contribution in [-0.2, 0) is 6.61 Å². The van der Waals surface area contributed by atoms with Crippen molar-refractivity contribution in [2.45, 2.75) is 6.61 Å². The van der Waals surface area contributed by atoms with Crippen molar-refractivity contribution in [1.82, 2.24) is 10.1 Å². The maximum absolute atomic E-state index is 11.5. The molecule has 0 unspecified atom stereocenters. The van der Waals surface area contributed by atoms with Crippen LogP contribution in [0, 0.1) is 0 Å². The van der Waals surface area contributed by atoms with Crippen molar-refractivity contribution >= 4 is 16.7 Å². The minimum absolute atomic E-state index is 0.0507. The Morgan fingerprint density at radius 2 is 2.10 bits per heavy atom.